The number of aryl methyl sites for hydroxylation is 1. The summed E-state index contributed by atoms with van der Waals surface area (Å²) in [5.41, 5.74) is -5.93. The number of esters is 3. The van der Waals surface area contributed by atoms with Gasteiger partial charge in [-0.2, -0.15) is 0 Å². The van der Waals surface area contributed by atoms with Gasteiger partial charge in [-0.25, -0.2) is 9.59 Å². The van der Waals surface area contributed by atoms with E-state index in [-0.39, 0.29) is 16.7 Å². The molecule has 3 atom stereocenters. The predicted molar refractivity (Wildman–Crippen MR) is 162 cm³/mol. The van der Waals surface area contributed by atoms with Gasteiger partial charge in [0.1, 0.15) is 57.3 Å². The van der Waals surface area contributed by atoms with Crippen molar-refractivity contribution in [2.45, 2.75) is 38.4 Å². The zero-order valence-corrected chi connectivity index (χ0v) is 26.3. The van der Waals surface area contributed by atoms with Gasteiger partial charge in [0, 0.05) is 11.1 Å². The second kappa shape index (κ2) is 13.1. The van der Waals surface area contributed by atoms with Crippen LogP contribution in [-0.2, 0) is 23.8 Å². The number of hydrogen-bond donors (Lipinski definition) is 6. The highest BCUT2D eigenvalue weighted by Gasteiger charge is 2.56. The number of hydrogen-bond acceptors (Lipinski definition) is 15. The zero-order valence-electron chi connectivity index (χ0n) is 26.3. The Morgan fingerprint density at radius 2 is 1.46 bits per heavy atom. The Hall–Kier alpha value is -5.83. The second-order valence-corrected chi connectivity index (χ2v) is 11.1. The van der Waals surface area contributed by atoms with Gasteiger partial charge in [0.05, 0.1) is 39.7 Å². The number of aliphatic hydroxyl groups excluding tert-OH is 1. The molecule has 0 aliphatic carbocycles. The van der Waals surface area contributed by atoms with Crippen molar-refractivity contribution in [1.82, 2.24) is 0 Å². The monoisotopic (exact) mass is 668 g/mol. The van der Waals surface area contributed by atoms with Crippen molar-refractivity contribution >= 4 is 29.5 Å². The molecule has 0 spiro atoms. The van der Waals surface area contributed by atoms with Crippen LogP contribution in [0.5, 0.6) is 34.5 Å². The van der Waals surface area contributed by atoms with E-state index >= 15 is 0 Å². The fraction of sp³-hybridized carbons (Fsp3) is 0.303. The third kappa shape index (κ3) is 5.68. The van der Waals surface area contributed by atoms with Gasteiger partial charge >= 0.3 is 17.9 Å². The van der Waals surface area contributed by atoms with E-state index in [1.165, 1.54) is 13.8 Å². The number of methoxy groups -OCH3 is 3. The predicted octanol–water partition coefficient (Wildman–Crippen LogP) is 2.64. The molecule has 15 heteroatoms. The van der Waals surface area contributed by atoms with Crippen LogP contribution in [0.15, 0.2) is 30.3 Å². The number of ether oxygens (including phenoxy) is 4. The lowest BCUT2D eigenvalue weighted by Gasteiger charge is -2.41. The number of benzene rings is 3. The second-order valence-electron chi connectivity index (χ2n) is 11.1. The lowest BCUT2D eigenvalue weighted by molar-refractivity contribution is -0.176. The van der Waals surface area contributed by atoms with Gasteiger partial charge < -0.3 is 49.6 Å². The van der Waals surface area contributed by atoms with E-state index in [4.69, 9.17) is 9.47 Å². The molecule has 15 nitrogen and oxygen atoms in total. The molecule has 0 fully saturated rings. The number of ketones is 2. The number of carbonyl (C=O) groups excluding carboxylic acids is 5. The van der Waals surface area contributed by atoms with Crippen LogP contribution in [0.1, 0.15) is 62.0 Å². The Morgan fingerprint density at radius 1 is 0.833 bits per heavy atom. The first kappa shape index (κ1) is 35.0. The van der Waals surface area contributed by atoms with Crippen molar-refractivity contribution in [3.63, 3.8) is 0 Å². The Morgan fingerprint density at radius 3 is 2.06 bits per heavy atom. The summed E-state index contributed by atoms with van der Waals surface area (Å²) in [6.45, 7) is 2.73. The molecule has 0 unspecified atom stereocenters. The van der Waals surface area contributed by atoms with E-state index in [0.29, 0.717) is 0 Å². The molecule has 1 heterocycles. The number of fused-ring (bicyclic) bond motifs is 1. The van der Waals surface area contributed by atoms with Crippen LogP contribution < -0.4 is 4.74 Å². The summed E-state index contributed by atoms with van der Waals surface area (Å²) in [5, 5.41) is 65.5. The molecule has 3 aromatic rings. The molecule has 0 saturated heterocycles. The maximum Gasteiger partial charge on any atom is 0.353 e. The number of rotatable bonds is 9. The lowest BCUT2D eigenvalue weighted by Crippen LogP contribution is -2.60. The molecule has 0 bridgehead atoms. The van der Waals surface area contributed by atoms with Crippen LogP contribution in [0.4, 0.5) is 0 Å². The van der Waals surface area contributed by atoms with Gasteiger partial charge in [-0.3, -0.25) is 14.4 Å². The standard InChI is InChI=1S/C33H32O15/c1-13-10-19(36)23(25(26(13)39)31(43)46-4)28(41)24-18(35)8-6-15(27(24)40)16-7-9-17(34)22-20(37)12-33(32(44)47-5,48-29(16)22)30(42)14(2)11-21(38)45-3/h6-10,14,30,34-36,39-40,42H,11-12H2,1-5H3/t14-,30+,33-/m1/s1. The first-order valence-corrected chi connectivity index (χ1v) is 14.2. The molecular formula is C33H32O15. The fourth-order valence-electron chi connectivity index (χ4n) is 5.66. The Labute approximate surface area is 272 Å². The van der Waals surface area contributed by atoms with E-state index in [2.05, 4.69) is 9.47 Å². The number of aliphatic hydroxyl groups is 1. The first-order chi connectivity index (χ1) is 22.6. The minimum atomic E-state index is -2.47. The molecule has 1 aliphatic rings. The largest absolute Gasteiger partial charge is 0.507 e. The maximum absolute atomic E-state index is 13.8. The number of aromatic hydroxyl groups is 5. The molecule has 4 rings (SSSR count). The van der Waals surface area contributed by atoms with Gasteiger partial charge in [-0.15, -0.1) is 0 Å². The number of phenols is 5. The minimum Gasteiger partial charge on any atom is -0.507 e. The van der Waals surface area contributed by atoms with Crippen molar-refractivity contribution in [2.75, 3.05) is 21.3 Å². The SMILES string of the molecule is COC(=O)C[C@@H](C)[C@H](O)[C@@]1(C(=O)OC)CC(=O)c2c(O)ccc(-c3ccc(O)c(C(=O)c4c(O)cc(C)c(O)c4C(=O)OC)c3O)c2O1. The van der Waals surface area contributed by atoms with Crippen LogP contribution in [0.25, 0.3) is 11.1 Å². The Balaban J connectivity index is 1.96. The van der Waals surface area contributed by atoms with E-state index < -0.39 is 117 Å². The third-order valence-corrected chi connectivity index (χ3v) is 8.15. The first-order valence-electron chi connectivity index (χ1n) is 14.2. The summed E-state index contributed by atoms with van der Waals surface area (Å²) in [6, 6.07) is 5.23. The molecular weight excluding hydrogens is 636 g/mol. The molecule has 0 amide bonds. The van der Waals surface area contributed by atoms with E-state index in [9.17, 15) is 54.6 Å². The maximum atomic E-state index is 13.8. The van der Waals surface area contributed by atoms with Crippen LogP contribution >= 0.6 is 0 Å². The summed E-state index contributed by atoms with van der Waals surface area (Å²) < 4.78 is 20.2. The molecule has 0 saturated carbocycles. The highest BCUT2D eigenvalue weighted by molar-refractivity contribution is 6.20. The average Bonchev–Trinajstić information content (AvgIpc) is 3.05. The van der Waals surface area contributed by atoms with E-state index in [1.54, 1.807) is 0 Å². The van der Waals surface area contributed by atoms with Crippen molar-refractivity contribution < 1.29 is 73.6 Å². The number of Topliss-reactive ketones (excluding diaryl/α,β-unsaturated/α-hetero) is 1. The average molecular weight is 669 g/mol. The lowest BCUT2D eigenvalue weighted by atomic mass is 9.78. The quantitative estimate of drug-likeness (QED) is 0.0831. The van der Waals surface area contributed by atoms with Crippen LogP contribution in [0.2, 0.25) is 0 Å². The number of phenolic OH excluding ortho intramolecular Hbond substituents is 5. The molecule has 0 radical (unpaired) electrons. The van der Waals surface area contributed by atoms with E-state index in [1.807, 2.05) is 0 Å². The summed E-state index contributed by atoms with van der Waals surface area (Å²) in [6.07, 6.45) is -3.10. The van der Waals surface area contributed by atoms with Crippen LogP contribution in [0.3, 0.4) is 0 Å². The topological polar surface area (TPSA) is 244 Å². The molecule has 1 aliphatic heterocycles. The summed E-state index contributed by atoms with van der Waals surface area (Å²) >= 11 is 0. The fourth-order valence-corrected chi connectivity index (χ4v) is 5.66. The third-order valence-electron chi connectivity index (χ3n) is 8.15. The summed E-state index contributed by atoms with van der Waals surface area (Å²) in [7, 11) is 3.05. The van der Waals surface area contributed by atoms with Crippen molar-refractivity contribution in [2.24, 2.45) is 5.92 Å². The van der Waals surface area contributed by atoms with Gasteiger partial charge in [0.25, 0.3) is 0 Å². The molecule has 254 valence electrons. The molecule has 6 N–H and O–H groups in total. The van der Waals surface area contributed by atoms with Crippen molar-refractivity contribution in [3.05, 3.63) is 58.1 Å². The van der Waals surface area contributed by atoms with Gasteiger partial charge in [-0.05, 0) is 48.7 Å². The molecule has 48 heavy (non-hydrogen) atoms. The van der Waals surface area contributed by atoms with Gasteiger partial charge in [0.2, 0.25) is 11.4 Å². The highest BCUT2D eigenvalue weighted by Crippen LogP contribution is 2.50. The van der Waals surface area contributed by atoms with Crippen LogP contribution in [-0.4, -0.2) is 93.1 Å². The van der Waals surface area contributed by atoms with Crippen molar-refractivity contribution in [1.29, 1.82) is 0 Å². The number of carbonyl (C=O) groups is 5. The van der Waals surface area contributed by atoms with Gasteiger partial charge in [0.15, 0.2) is 5.78 Å². The van der Waals surface area contributed by atoms with Crippen molar-refractivity contribution in [3.8, 4) is 45.6 Å². The highest BCUT2D eigenvalue weighted by atomic mass is 16.6. The minimum absolute atomic E-state index is 0.00126. The van der Waals surface area contributed by atoms with Gasteiger partial charge in [-0.1, -0.05) is 6.92 Å². The summed E-state index contributed by atoms with van der Waals surface area (Å²) in [5.74, 6) is -10.9. The molecule has 3 aromatic carbocycles. The zero-order chi connectivity index (χ0) is 35.8. The Kier molecular flexibility index (Phi) is 9.57. The van der Waals surface area contributed by atoms with Crippen LogP contribution in [0, 0.1) is 12.8 Å². The normalized spacial score (nSPS) is 16.6. The molecule has 0 aromatic heterocycles. The Bertz CT molecular complexity index is 1860. The smallest absolute Gasteiger partial charge is 0.353 e. The summed E-state index contributed by atoms with van der Waals surface area (Å²) in [4.78, 5) is 65.2. The van der Waals surface area contributed by atoms with E-state index in [0.717, 1.165) is 51.7 Å².